The van der Waals surface area contributed by atoms with Crippen LogP contribution in [0, 0.1) is 0 Å². The summed E-state index contributed by atoms with van der Waals surface area (Å²) < 4.78 is 5.71. The number of halogens is 1. The van der Waals surface area contributed by atoms with E-state index in [0.717, 1.165) is 29.2 Å². The Bertz CT molecular complexity index is 619. The molecule has 0 aliphatic rings. The number of ether oxygens (including phenoxy) is 1. The van der Waals surface area contributed by atoms with Crippen LogP contribution in [-0.4, -0.2) is 30.9 Å². The van der Waals surface area contributed by atoms with Crippen molar-refractivity contribution < 1.29 is 9.53 Å². The van der Waals surface area contributed by atoms with Crippen molar-refractivity contribution >= 4 is 36.9 Å². The third-order valence-electron chi connectivity index (χ3n) is 3.10. The molecule has 20 heavy (non-hydrogen) atoms. The van der Waals surface area contributed by atoms with Gasteiger partial charge >= 0.3 is 0 Å². The van der Waals surface area contributed by atoms with Crippen LogP contribution in [0.15, 0.2) is 12.3 Å². The predicted octanol–water partition coefficient (Wildman–Crippen LogP) is 3.88. The summed E-state index contributed by atoms with van der Waals surface area (Å²) in [6, 6.07) is 2.95. The molecule has 0 bridgehead atoms. The van der Waals surface area contributed by atoms with Crippen LogP contribution < -0.4 is 0 Å². The van der Waals surface area contributed by atoms with Crippen molar-refractivity contribution in [3.63, 3.8) is 0 Å². The minimum absolute atomic E-state index is 0.266. The number of hydrogen-bond acceptors (Lipinski definition) is 3. The van der Waals surface area contributed by atoms with Gasteiger partial charge in [-0.2, -0.15) is 0 Å². The Labute approximate surface area is 124 Å². The first kappa shape index (κ1) is 15.2. The van der Waals surface area contributed by atoms with Crippen molar-refractivity contribution in [3.8, 4) is 0 Å². The summed E-state index contributed by atoms with van der Waals surface area (Å²) in [5.74, 6) is 0. The molecule has 0 atom stereocenters. The summed E-state index contributed by atoms with van der Waals surface area (Å²) in [6.45, 7) is 8.04. The normalized spacial score (nSPS) is 12.0. The van der Waals surface area contributed by atoms with Gasteiger partial charge < -0.3 is 9.72 Å². The van der Waals surface area contributed by atoms with Crippen molar-refractivity contribution in [2.24, 2.45) is 0 Å². The van der Waals surface area contributed by atoms with Crippen LogP contribution in [0.25, 0.3) is 10.9 Å². The zero-order valence-corrected chi connectivity index (χ0v) is 13.8. The smallest absolute Gasteiger partial charge is 0.169 e. The lowest BCUT2D eigenvalue weighted by molar-refractivity contribution is 0.111. The van der Waals surface area contributed by atoms with E-state index < -0.39 is 8.07 Å². The Morgan fingerprint density at radius 1 is 1.45 bits per heavy atom. The van der Waals surface area contributed by atoms with Crippen molar-refractivity contribution in [3.05, 3.63) is 28.7 Å². The van der Waals surface area contributed by atoms with Gasteiger partial charge in [0.05, 0.1) is 22.8 Å². The third-order valence-corrected chi connectivity index (χ3v) is 5.20. The Hall–Kier alpha value is -1.17. The second-order valence-corrected chi connectivity index (χ2v) is 12.0. The first-order chi connectivity index (χ1) is 9.42. The molecule has 6 heteroatoms. The van der Waals surface area contributed by atoms with Crippen molar-refractivity contribution in [2.45, 2.75) is 32.3 Å². The maximum Gasteiger partial charge on any atom is 0.169 e. The zero-order chi connectivity index (χ0) is 14.8. The van der Waals surface area contributed by atoms with E-state index in [4.69, 9.17) is 16.3 Å². The lowest BCUT2D eigenvalue weighted by Gasteiger charge is -2.15. The third kappa shape index (κ3) is 3.48. The SMILES string of the molecule is C[Si](C)(C)CCOCc1nc(C=O)c(Cl)c2cc[nH]c12. The number of aromatic nitrogens is 2. The molecule has 0 saturated heterocycles. The van der Waals surface area contributed by atoms with E-state index in [1.165, 1.54) is 0 Å². The molecule has 0 aliphatic heterocycles. The maximum atomic E-state index is 11.0. The number of rotatable bonds is 6. The van der Waals surface area contributed by atoms with Crippen LogP contribution in [-0.2, 0) is 11.3 Å². The Balaban J connectivity index is 2.15. The summed E-state index contributed by atoms with van der Waals surface area (Å²) in [7, 11) is -1.09. The molecule has 1 N–H and O–H groups in total. The van der Waals surface area contributed by atoms with Crippen LogP contribution in [0.2, 0.25) is 30.7 Å². The highest BCUT2D eigenvalue weighted by atomic mass is 35.5. The number of carbonyl (C=O) groups excluding carboxylic acids is 1. The van der Waals surface area contributed by atoms with E-state index in [1.807, 2.05) is 6.07 Å². The molecule has 108 valence electrons. The molecule has 0 radical (unpaired) electrons. The molecule has 4 nitrogen and oxygen atoms in total. The number of hydrogen-bond donors (Lipinski definition) is 1. The summed E-state index contributed by atoms with van der Waals surface area (Å²) in [4.78, 5) is 18.4. The molecule has 2 heterocycles. The summed E-state index contributed by atoms with van der Waals surface area (Å²) in [5.41, 5.74) is 1.84. The minimum Gasteiger partial charge on any atom is -0.375 e. The molecule has 0 saturated carbocycles. The van der Waals surface area contributed by atoms with Crippen LogP contribution in [0.5, 0.6) is 0 Å². The number of aromatic amines is 1. The van der Waals surface area contributed by atoms with Gasteiger partial charge in [-0.15, -0.1) is 0 Å². The maximum absolute atomic E-state index is 11.0. The quantitative estimate of drug-likeness (QED) is 0.500. The highest BCUT2D eigenvalue weighted by molar-refractivity contribution is 6.76. The van der Waals surface area contributed by atoms with Crippen LogP contribution in [0.3, 0.4) is 0 Å². The highest BCUT2D eigenvalue weighted by Crippen LogP contribution is 2.27. The van der Waals surface area contributed by atoms with E-state index in [2.05, 4.69) is 29.6 Å². The van der Waals surface area contributed by atoms with Gasteiger partial charge in [-0.05, 0) is 12.1 Å². The van der Waals surface area contributed by atoms with Crippen molar-refractivity contribution in [2.75, 3.05) is 6.61 Å². The Morgan fingerprint density at radius 3 is 2.85 bits per heavy atom. The van der Waals surface area contributed by atoms with Gasteiger partial charge in [0.2, 0.25) is 0 Å². The van der Waals surface area contributed by atoms with Gasteiger partial charge in [-0.25, -0.2) is 4.98 Å². The predicted molar refractivity (Wildman–Crippen MR) is 84.3 cm³/mol. The van der Waals surface area contributed by atoms with E-state index in [-0.39, 0.29) is 5.69 Å². The van der Waals surface area contributed by atoms with Crippen LogP contribution in [0.4, 0.5) is 0 Å². The fraction of sp³-hybridized carbons (Fsp3) is 0.429. The summed E-state index contributed by atoms with van der Waals surface area (Å²) in [5, 5.41) is 1.20. The van der Waals surface area contributed by atoms with Gasteiger partial charge in [0.25, 0.3) is 0 Å². The zero-order valence-electron chi connectivity index (χ0n) is 12.0. The number of fused-ring (bicyclic) bond motifs is 1. The van der Waals surface area contributed by atoms with E-state index >= 15 is 0 Å². The first-order valence-corrected chi connectivity index (χ1v) is 10.7. The Morgan fingerprint density at radius 2 is 2.20 bits per heavy atom. The largest absolute Gasteiger partial charge is 0.375 e. The van der Waals surface area contributed by atoms with Crippen molar-refractivity contribution in [1.29, 1.82) is 0 Å². The Kier molecular flexibility index (Phi) is 4.62. The molecule has 0 aliphatic carbocycles. The summed E-state index contributed by atoms with van der Waals surface area (Å²) in [6.07, 6.45) is 2.47. The van der Waals surface area contributed by atoms with Crippen molar-refractivity contribution in [1.82, 2.24) is 9.97 Å². The first-order valence-electron chi connectivity index (χ1n) is 6.61. The average Bonchev–Trinajstić information content (AvgIpc) is 2.85. The monoisotopic (exact) mass is 310 g/mol. The van der Waals surface area contributed by atoms with Gasteiger partial charge in [0.15, 0.2) is 6.29 Å². The molecular weight excluding hydrogens is 292 g/mol. The molecule has 0 fully saturated rings. The van der Waals surface area contributed by atoms with E-state index in [0.29, 0.717) is 17.9 Å². The fourth-order valence-electron chi connectivity index (χ4n) is 1.91. The number of carbonyl (C=O) groups is 1. The van der Waals surface area contributed by atoms with E-state index in [9.17, 15) is 4.79 Å². The molecular formula is C14H19ClN2O2Si. The molecule has 2 rings (SSSR count). The molecule has 2 aromatic rings. The van der Waals surface area contributed by atoms with Gasteiger partial charge in [0, 0.05) is 26.3 Å². The fourth-order valence-corrected chi connectivity index (χ4v) is 2.91. The molecule has 0 spiro atoms. The van der Waals surface area contributed by atoms with Crippen LogP contribution >= 0.6 is 11.6 Å². The number of nitrogens with zero attached hydrogens (tertiary/aromatic N) is 1. The molecule has 0 amide bonds. The number of H-pyrrole nitrogens is 1. The van der Waals surface area contributed by atoms with E-state index in [1.54, 1.807) is 6.20 Å². The molecule has 0 aromatic carbocycles. The number of pyridine rings is 1. The second-order valence-electron chi connectivity index (χ2n) is 6.01. The topological polar surface area (TPSA) is 55.0 Å². The van der Waals surface area contributed by atoms with Crippen LogP contribution in [0.1, 0.15) is 16.2 Å². The second kappa shape index (κ2) is 6.07. The number of nitrogens with one attached hydrogen (secondary N) is 1. The van der Waals surface area contributed by atoms with Gasteiger partial charge in [0.1, 0.15) is 5.69 Å². The average molecular weight is 311 g/mol. The lowest BCUT2D eigenvalue weighted by Crippen LogP contribution is -2.21. The minimum atomic E-state index is -1.09. The summed E-state index contributed by atoms with van der Waals surface area (Å²) >= 11 is 6.13. The highest BCUT2D eigenvalue weighted by Gasteiger charge is 2.15. The standard InChI is InChI=1S/C14H19ClN2O2Si/c1-20(2,3)7-6-19-9-12-14-10(4-5-16-14)13(15)11(8-18)17-12/h4-5,8,16H,6-7,9H2,1-3H3. The van der Waals surface area contributed by atoms with Gasteiger partial charge in [-0.3, -0.25) is 4.79 Å². The lowest BCUT2D eigenvalue weighted by atomic mass is 10.2. The van der Waals surface area contributed by atoms with Gasteiger partial charge in [-0.1, -0.05) is 31.2 Å². The molecule has 2 aromatic heterocycles. The number of aldehydes is 1. The molecule has 0 unspecified atom stereocenters.